The van der Waals surface area contributed by atoms with Gasteiger partial charge in [0, 0.05) is 30.8 Å². The third-order valence-electron chi connectivity index (χ3n) is 7.79. The highest BCUT2D eigenvalue weighted by Gasteiger charge is 2.40. The molecule has 6 nitrogen and oxygen atoms in total. The molecule has 2 aromatic rings. The van der Waals surface area contributed by atoms with Gasteiger partial charge in [-0.3, -0.25) is 0 Å². The van der Waals surface area contributed by atoms with E-state index < -0.39 is 5.82 Å². The Kier molecular flexibility index (Phi) is 9.20. The number of nitrogens with zero attached hydrogens (tertiary/aromatic N) is 2. The van der Waals surface area contributed by atoms with Gasteiger partial charge in [-0.05, 0) is 79.9 Å². The quantitative estimate of drug-likeness (QED) is 0.331. The van der Waals surface area contributed by atoms with Crippen molar-refractivity contribution in [3.8, 4) is 0 Å². The van der Waals surface area contributed by atoms with Gasteiger partial charge in [0.25, 0.3) is 0 Å². The second kappa shape index (κ2) is 12.3. The van der Waals surface area contributed by atoms with Crippen LogP contribution in [0.25, 0.3) is 0 Å². The molecule has 0 radical (unpaired) electrons. The summed E-state index contributed by atoms with van der Waals surface area (Å²) in [5, 5.41) is 20.2. The van der Waals surface area contributed by atoms with Gasteiger partial charge in [0.05, 0.1) is 6.20 Å². The highest BCUT2D eigenvalue weighted by atomic mass is 35.5. The number of aliphatic hydroxyl groups is 1. The van der Waals surface area contributed by atoms with Crippen molar-refractivity contribution < 1.29 is 9.50 Å². The first-order chi connectivity index (χ1) is 16.9. The lowest BCUT2D eigenvalue weighted by Crippen LogP contribution is -2.50. The standard InChI is InChI=1S/C27H39ClFN5O/c1-17(16-35)7-8-30-25-18(2)9-19-10-20(12-22(25)11-19)13-31-26-24(29)15-33-27(34-26)32-14-21-5-3-4-6-23(21)28/h3-6,15,17-20,22,25,30,35H,7-14,16H2,1-2H3,(H2,31,32,33,34)/t17?,18-,19?,20-,22-,25+/m1/s1. The van der Waals surface area contributed by atoms with Crippen LogP contribution in [0.1, 0.15) is 51.5 Å². The molecule has 2 aliphatic rings. The first-order valence-corrected chi connectivity index (χ1v) is 13.4. The lowest BCUT2D eigenvalue weighted by molar-refractivity contribution is 0.0673. The molecule has 4 rings (SSSR count). The normalized spacial score (nSPS) is 26.8. The molecule has 2 aliphatic carbocycles. The zero-order valence-electron chi connectivity index (χ0n) is 20.8. The Morgan fingerprint density at radius 1 is 1.17 bits per heavy atom. The van der Waals surface area contributed by atoms with Crippen LogP contribution < -0.4 is 16.0 Å². The smallest absolute Gasteiger partial charge is 0.225 e. The van der Waals surface area contributed by atoms with Crippen molar-refractivity contribution in [1.29, 1.82) is 0 Å². The van der Waals surface area contributed by atoms with E-state index in [2.05, 4.69) is 39.8 Å². The molecule has 0 saturated heterocycles. The molecule has 192 valence electrons. The Morgan fingerprint density at radius 2 is 2.00 bits per heavy atom. The Bertz CT molecular complexity index is 961. The molecule has 8 heteroatoms. The number of hydrogen-bond acceptors (Lipinski definition) is 6. The molecule has 4 N–H and O–H groups in total. The Hall–Kier alpha value is -1.96. The zero-order chi connectivity index (χ0) is 24.8. The minimum atomic E-state index is -0.435. The number of benzene rings is 1. The molecule has 1 aromatic carbocycles. The fourth-order valence-electron chi connectivity index (χ4n) is 5.99. The van der Waals surface area contributed by atoms with Crippen LogP contribution in [0.5, 0.6) is 0 Å². The van der Waals surface area contributed by atoms with Gasteiger partial charge < -0.3 is 21.1 Å². The molecular weight excluding hydrogens is 465 g/mol. The summed E-state index contributed by atoms with van der Waals surface area (Å²) in [5.41, 5.74) is 0.938. The summed E-state index contributed by atoms with van der Waals surface area (Å²) in [4.78, 5) is 8.47. The lowest BCUT2D eigenvalue weighted by Gasteiger charge is -2.47. The topological polar surface area (TPSA) is 82.1 Å². The number of fused-ring (bicyclic) bond motifs is 2. The van der Waals surface area contributed by atoms with Crippen molar-refractivity contribution in [3.63, 3.8) is 0 Å². The molecule has 0 aliphatic heterocycles. The van der Waals surface area contributed by atoms with Crippen LogP contribution in [0.4, 0.5) is 16.2 Å². The number of aliphatic hydroxyl groups excluding tert-OH is 1. The van der Waals surface area contributed by atoms with Gasteiger partial charge in [0.15, 0.2) is 11.6 Å². The molecule has 2 fully saturated rings. The average molecular weight is 504 g/mol. The average Bonchev–Trinajstić information content (AvgIpc) is 2.85. The predicted octanol–water partition coefficient (Wildman–Crippen LogP) is 5.34. The predicted molar refractivity (Wildman–Crippen MR) is 140 cm³/mol. The number of aromatic nitrogens is 2. The van der Waals surface area contributed by atoms with Gasteiger partial charge in [-0.25, -0.2) is 9.37 Å². The Morgan fingerprint density at radius 3 is 2.80 bits per heavy atom. The summed E-state index contributed by atoms with van der Waals surface area (Å²) in [6.45, 7) is 6.86. The largest absolute Gasteiger partial charge is 0.396 e. The number of halogens is 2. The summed E-state index contributed by atoms with van der Waals surface area (Å²) < 4.78 is 14.5. The summed E-state index contributed by atoms with van der Waals surface area (Å²) in [5.74, 6) is 3.09. The molecular formula is C27H39ClFN5O. The minimum absolute atomic E-state index is 0.248. The van der Waals surface area contributed by atoms with Crippen LogP contribution in [-0.2, 0) is 6.54 Å². The molecule has 1 heterocycles. The van der Waals surface area contributed by atoms with Crippen molar-refractivity contribution in [2.24, 2.45) is 29.6 Å². The first kappa shape index (κ1) is 26.1. The van der Waals surface area contributed by atoms with Crippen LogP contribution in [0.2, 0.25) is 5.02 Å². The van der Waals surface area contributed by atoms with E-state index in [9.17, 15) is 9.50 Å². The third-order valence-corrected chi connectivity index (χ3v) is 8.16. The number of hydrogen-bond donors (Lipinski definition) is 4. The molecule has 2 unspecified atom stereocenters. The van der Waals surface area contributed by atoms with Crippen molar-refractivity contribution in [1.82, 2.24) is 15.3 Å². The molecule has 35 heavy (non-hydrogen) atoms. The number of nitrogens with one attached hydrogen (secondary N) is 3. The van der Waals surface area contributed by atoms with E-state index in [-0.39, 0.29) is 12.4 Å². The Labute approximate surface area is 213 Å². The van der Waals surface area contributed by atoms with Gasteiger partial charge in [0.2, 0.25) is 5.95 Å². The van der Waals surface area contributed by atoms with Gasteiger partial charge in [-0.15, -0.1) is 0 Å². The van der Waals surface area contributed by atoms with E-state index in [4.69, 9.17) is 11.6 Å². The van der Waals surface area contributed by atoms with Crippen molar-refractivity contribution in [3.05, 3.63) is 46.9 Å². The summed E-state index contributed by atoms with van der Waals surface area (Å²) in [6, 6.07) is 8.12. The maximum atomic E-state index is 14.5. The second-order valence-corrected chi connectivity index (χ2v) is 11.1. The van der Waals surface area contributed by atoms with Crippen LogP contribution in [0.3, 0.4) is 0 Å². The van der Waals surface area contributed by atoms with E-state index in [0.717, 1.165) is 30.9 Å². The molecule has 2 bridgehead atoms. The summed E-state index contributed by atoms with van der Waals surface area (Å²) in [6.07, 6.45) is 7.08. The molecule has 0 spiro atoms. The van der Waals surface area contributed by atoms with Crippen LogP contribution in [0.15, 0.2) is 30.5 Å². The Balaban J connectivity index is 1.31. The van der Waals surface area contributed by atoms with E-state index in [0.29, 0.717) is 53.8 Å². The fourth-order valence-corrected chi connectivity index (χ4v) is 6.20. The van der Waals surface area contributed by atoms with Gasteiger partial charge in [0.1, 0.15) is 0 Å². The zero-order valence-corrected chi connectivity index (χ0v) is 21.6. The molecule has 0 amide bonds. The maximum absolute atomic E-state index is 14.5. The lowest BCUT2D eigenvalue weighted by atomic mass is 9.62. The van der Waals surface area contributed by atoms with Crippen LogP contribution in [-0.4, -0.2) is 40.8 Å². The maximum Gasteiger partial charge on any atom is 0.225 e. The highest BCUT2D eigenvalue weighted by Crippen LogP contribution is 2.45. The van der Waals surface area contributed by atoms with E-state index in [1.54, 1.807) is 0 Å². The monoisotopic (exact) mass is 503 g/mol. The first-order valence-electron chi connectivity index (χ1n) is 13.0. The minimum Gasteiger partial charge on any atom is -0.396 e. The molecule has 2 saturated carbocycles. The van der Waals surface area contributed by atoms with Gasteiger partial charge in [-0.1, -0.05) is 43.6 Å². The highest BCUT2D eigenvalue weighted by molar-refractivity contribution is 6.31. The van der Waals surface area contributed by atoms with Crippen molar-refractivity contribution in [2.45, 2.75) is 58.5 Å². The van der Waals surface area contributed by atoms with Gasteiger partial charge in [-0.2, -0.15) is 4.98 Å². The molecule has 1 aromatic heterocycles. The van der Waals surface area contributed by atoms with Gasteiger partial charge >= 0.3 is 0 Å². The molecule has 6 atom stereocenters. The van der Waals surface area contributed by atoms with Crippen molar-refractivity contribution in [2.75, 3.05) is 30.3 Å². The van der Waals surface area contributed by atoms with Crippen LogP contribution in [0, 0.1) is 35.4 Å². The van der Waals surface area contributed by atoms with E-state index in [1.807, 2.05) is 24.3 Å². The number of anilines is 2. The third kappa shape index (κ3) is 7.05. The van der Waals surface area contributed by atoms with E-state index >= 15 is 0 Å². The van der Waals surface area contributed by atoms with E-state index in [1.165, 1.54) is 25.5 Å². The summed E-state index contributed by atoms with van der Waals surface area (Å²) >= 11 is 6.22. The van der Waals surface area contributed by atoms with Crippen molar-refractivity contribution >= 4 is 23.4 Å². The SMILES string of the molecule is CC(CO)CCN[C@@H]1[C@@H]2CC(C[C@@H](CNc3nc(NCc4ccccc4Cl)ncc3F)C2)C[C@H]1C. The summed E-state index contributed by atoms with van der Waals surface area (Å²) in [7, 11) is 0. The van der Waals surface area contributed by atoms with Crippen LogP contribution >= 0.6 is 11.6 Å². The fraction of sp³-hybridized carbons (Fsp3) is 0.630. The number of rotatable bonds is 11. The second-order valence-electron chi connectivity index (χ2n) is 10.7.